The lowest BCUT2D eigenvalue weighted by molar-refractivity contribution is -0.118. The molecular formula is C27H29N3O4. The molecule has 3 rings (SSSR count). The summed E-state index contributed by atoms with van der Waals surface area (Å²) in [6.45, 7) is 6.23. The predicted octanol–water partition coefficient (Wildman–Crippen LogP) is 4.77. The van der Waals surface area contributed by atoms with E-state index in [-0.39, 0.29) is 23.8 Å². The highest BCUT2D eigenvalue weighted by molar-refractivity contribution is 5.95. The van der Waals surface area contributed by atoms with Crippen LogP contribution in [0.4, 0.5) is 5.69 Å². The van der Waals surface area contributed by atoms with Gasteiger partial charge >= 0.3 is 0 Å². The minimum Gasteiger partial charge on any atom is -0.495 e. The summed E-state index contributed by atoms with van der Waals surface area (Å²) in [6, 6.07) is 21.7. The van der Waals surface area contributed by atoms with Gasteiger partial charge in [0.25, 0.3) is 11.8 Å². The van der Waals surface area contributed by atoms with Crippen LogP contribution >= 0.6 is 0 Å². The average Bonchev–Trinajstić information content (AvgIpc) is 2.83. The van der Waals surface area contributed by atoms with Crippen molar-refractivity contribution in [1.29, 1.82) is 0 Å². The summed E-state index contributed by atoms with van der Waals surface area (Å²) in [5, 5.41) is 6.77. The summed E-state index contributed by atoms with van der Waals surface area (Å²) < 4.78 is 10.8. The lowest BCUT2D eigenvalue weighted by Gasteiger charge is -2.18. The predicted molar refractivity (Wildman–Crippen MR) is 134 cm³/mol. The fourth-order valence-corrected chi connectivity index (χ4v) is 3.08. The summed E-state index contributed by atoms with van der Waals surface area (Å²) in [6.07, 6.45) is 1.54. The molecule has 0 fully saturated rings. The minimum atomic E-state index is -0.298. The van der Waals surface area contributed by atoms with Crippen LogP contribution in [0.15, 0.2) is 77.9 Å². The van der Waals surface area contributed by atoms with Gasteiger partial charge in [0.05, 0.1) is 19.0 Å². The number of benzene rings is 3. The number of hydrazone groups is 1. The van der Waals surface area contributed by atoms with Crippen molar-refractivity contribution in [3.8, 4) is 11.5 Å². The van der Waals surface area contributed by atoms with E-state index in [0.717, 1.165) is 11.1 Å². The van der Waals surface area contributed by atoms with Crippen molar-refractivity contribution in [1.82, 2.24) is 5.43 Å². The fourth-order valence-electron chi connectivity index (χ4n) is 3.08. The molecule has 0 aliphatic heterocycles. The van der Waals surface area contributed by atoms with Crippen LogP contribution in [0.25, 0.3) is 0 Å². The quantitative estimate of drug-likeness (QED) is 0.375. The molecule has 0 spiro atoms. The lowest BCUT2D eigenvalue weighted by Crippen LogP contribution is -2.20. The number of anilines is 1. The molecule has 7 nitrogen and oxygen atoms in total. The molecule has 0 aliphatic carbocycles. The molecule has 0 saturated heterocycles. The Balaban J connectivity index is 1.47. The van der Waals surface area contributed by atoms with Gasteiger partial charge in [-0.15, -0.1) is 0 Å². The largest absolute Gasteiger partial charge is 0.495 e. The van der Waals surface area contributed by atoms with E-state index in [1.807, 2.05) is 24.3 Å². The van der Waals surface area contributed by atoms with Gasteiger partial charge in [-0.1, -0.05) is 45.0 Å². The second-order valence-electron chi connectivity index (χ2n) is 8.63. The molecule has 3 aromatic rings. The van der Waals surface area contributed by atoms with Crippen molar-refractivity contribution in [3.63, 3.8) is 0 Å². The molecule has 0 radical (unpaired) electrons. The zero-order valence-corrected chi connectivity index (χ0v) is 19.8. The molecule has 0 aromatic heterocycles. The van der Waals surface area contributed by atoms with E-state index in [2.05, 4.69) is 36.6 Å². The molecule has 0 saturated carbocycles. The number of methoxy groups -OCH3 is 1. The molecule has 7 heteroatoms. The number of carbonyl (C=O) groups is 2. The first-order chi connectivity index (χ1) is 16.3. The second-order valence-corrected chi connectivity index (χ2v) is 8.63. The molecule has 34 heavy (non-hydrogen) atoms. The van der Waals surface area contributed by atoms with E-state index < -0.39 is 0 Å². The Hall–Kier alpha value is -4.13. The van der Waals surface area contributed by atoms with Crippen LogP contribution in [0, 0.1) is 0 Å². The van der Waals surface area contributed by atoms with Gasteiger partial charge in [0, 0.05) is 5.56 Å². The van der Waals surface area contributed by atoms with Crippen LogP contribution in [0.3, 0.4) is 0 Å². The van der Waals surface area contributed by atoms with E-state index in [4.69, 9.17) is 9.47 Å². The van der Waals surface area contributed by atoms with Crippen LogP contribution < -0.4 is 20.2 Å². The first-order valence-electron chi connectivity index (χ1n) is 10.9. The summed E-state index contributed by atoms with van der Waals surface area (Å²) in [4.78, 5) is 24.4. The number of hydrogen-bond acceptors (Lipinski definition) is 5. The molecule has 0 heterocycles. The van der Waals surface area contributed by atoms with Crippen LogP contribution in [0.2, 0.25) is 0 Å². The summed E-state index contributed by atoms with van der Waals surface area (Å²) in [5.74, 6) is 0.537. The third-order valence-corrected chi connectivity index (χ3v) is 5.02. The number of carbonyl (C=O) groups excluding carboxylic acids is 2. The van der Waals surface area contributed by atoms with Crippen molar-refractivity contribution in [2.24, 2.45) is 5.10 Å². The second kappa shape index (κ2) is 11.1. The number of rotatable bonds is 8. The molecule has 176 valence electrons. The third kappa shape index (κ3) is 6.93. The first kappa shape index (κ1) is 24.5. The molecule has 3 aromatic carbocycles. The van der Waals surface area contributed by atoms with E-state index in [1.165, 1.54) is 0 Å². The molecule has 2 N–H and O–H groups in total. The van der Waals surface area contributed by atoms with Gasteiger partial charge in [0.2, 0.25) is 0 Å². The topological polar surface area (TPSA) is 89.0 Å². The van der Waals surface area contributed by atoms with Crippen molar-refractivity contribution < 1.29 is 19.1 Å². The molecular weight excluding hydrogens is 430 g/mol. The van der Waals surface area contributed by atoms with Crippen LogP contribution in [0.1, 0.15) is 42.3 Å². The van der Waals surface area contributed by atoms with E-state index in [0.29, 0.717) is 22.7 Å². The van der Waals surface area contributed by atoms with E-state index in [1.54, 1.807) is 61.9 Å². The van der Waals surface area contributed by atoms with Crippen LogP contribution in [-0.2, 0) is 10.2 Å². The molecule has 0 bridgehead atoms. The maximum absolute atomic E-state index is 12.3. The van der Waals surface area contributed by atoms with Gasteiger partial charge in [0.1, 0.15) is 11.5 Å². The van der Waals surface area contributed by atoms with Gasteiger partial charge in [-0.3, -0.25) is 9.59 Å². The molecule has 0 unspecified atom stereocenters. The standard InChI is InChI=1S/C27H29N3O4/c1-27(2,3)21-13-11-20(12-14-21)26(32)30-28-17-19-9-15-22(16-10-19)34-18-25(31)29-23-7-5-6-8-24(23)33-4/h5-17H,18H2,1-4H3,(H,29,31)(H,30,32)/b28-17-. The first-order valence-corrected chi connectivity index (χ1v) is 10.9. The Kier molecular flexibility index (Phi) is 8.03. The van der Waals surface area contributed by atoms with Gasteiger partial charge in [-0.05, 0) is 65.1 Å². The number of nitrogens with zero attached hydrogens (tertiary/aromatic N) is 1. The number of nitrogens with one attached hydrogen (secondary N) is 2. The third-order valence-electron chi connectivity index (χ3n) is 5.02. The number of hydrogen-bond donors (Lipinski definition) is 2. The SMILES string of the molecule is COc1ccccc1NC(=O)COc1ccc(/C=N\NC(=O)c2ccc(C(C)(C)C)cc2)cc1. The summed E-state index contributed by atoms with van der Waals surface area (Å²) >= 11 is 0. The average molecular weight is 460 g/mol. The monoisotopic (exact) mass is 459 g/mol. The minimum absolute atomic E-state index is 0.0300. The van der Waals surface area contributed by atoms with Crippen LogP contribution in [0.5, 0.6) is 11.5 Å². The number of ether oxygens (including phenoxy) is 2. The van der Waals surface area contributed by atoms with Gasteiger partial charge < -0.3 is 14.8 Å². The van der Waals surface area contributed by atoms with Crippen LogP contribution in [-0.4, -0.2) is 31.7 Å². The molecule has 2 amide bonds. The Morgan fingerprint density at radius 1 is 0.941 bits per heavy atom. The maximum Gasteiger partial charge on any atom is 0.271 e. The number of para-hydroxylation sites is 2. The summed E-state index contributed by atoms with van der Waals surface area (Å²) in [7, 11) is 1.54. The highest BCUT2D eigenvalue weighted by atomic mass is 16.5. The molecule has 0 atom stereocenters. The van der Waals surface area contributed by atoms with Crippen molar-refractivity contribution in [3.05, 3.63) is 89.5 Å². The zero-order valence-electron chi connectivity index (χ0n) is 19.8. The Morgan fingerprint density at radius 3 is 2.26 bits per heavy atom. The highest BCUT2D eigenvalue weighted by Gasteiger charge is 2.14. The normalized spacial score (nSPS) is 11.2. The van der Waals surface area contributed by atoms with Crippen molar-refractivity contribution >= 4 is 23.7 Å². The smallest absolute Gasteiger partial charge is 0.271 e. The Labute approximate surface area is 199 Å². The highest BCUT2D eigenvalue weighted by Crippen LogP contribution is 2.23. The fraction of sp³-hybridized carbons (Fsp3) is 0.222. The van der Waals surface area contributed by atoms with Crippen molar-refractivity contribution in [2.75, 3.05) is 19.0 Å². The van der Waals surface area contributed by atoms with Crippen molar-refractivity contribution in [2.45, 2.75) is 26.2 Å². The van der Waals surface area contributed by atoms with Gasteiger partial charge in [-0.25, -0.2) is 5.43 Å². The van der Waals surface area contributed by atoms with E-state index in [9.17, 15) is 9.59 Å². The van der Waals surface area contributed by atoms with Gasteiger partial charge in [0.15, 0.2) is 6.61 Å². The summed E-state index contributed by atoms with van der Waals surface area (Å²) in [5.41, 5.74) is 5.61. The Bertz CT molecular complexity index is 1150. The maximum atomic E-state index is 12.3. The Morgan fingerprint density at radius 2 is 1.62 bits per heavy atom. The van der Waals surface area contributed by atoms with Gasteiger partial charge in [-0.2, -0.15) is 5.10 Å². The molecule has 0 aliphatic rings. The lowest BCUT2D eigenvalue weighted by atomic mass is 9.87. The van der Waals surface area contributed by atoms with E-state index >= 15 is 0 Å². The number of amides is 2. The zero-order chi connectivity index (χ0) is 24.6.